The summed E-state index contributed by atoms with van der Waals surface area (Å²) >= 11 is 0. The first-order valence-electron chi connectivity index (χ1n) is 14.6. The van der Waals surface area contributed by atoms with Gasteiger partial charge in [-0.05, 0) is 39.0 Å². The molecule has 0 aliphatic carbocycles. The van der Waals surface area contributed by atoms with Gasteiger partial charge in [-0.1, -0.05) is 76.9 Å². The molecule has 0 rings (SSSR count). The number of ether oxygens (including phenoxy) is 1. The summed E-state index contributed by atoms with van der Waals surface area (Å²) in [6.45, 7) is 4.24. The average molecular weight is 552 g/mol. The van der Waals surface area contributed by atoms with Crippen LogP contribution in [-0.2, 0) is 13.8 Å². The van der Waals surface area contributed by atoms with Crippen molar-refractivity contribution in [3.8, 4) is 0 Å². The number of hydrogen-bond donors (Lipinski definition) is 3. The van der Waals surface area contributed by atoms with Crippen molar-refractivity contribution in [3.63, 3.8) is 0 Å². The second-order valence-electron chi connectivity index (χ2n) is 10.9. The van der Waals surface area contributed by atoms with Gasteiger partial charge in [-0.25, -0.2) is 0 Å². The molecule has 8 nitrogen and oxygen atoms in total. The highest BCUT2D eigenvalue weighted by Gasteiger charge is 2.34. The van der Waals surface area contributed by atoms with Gasteiger partial charge in [-0.3, -0.25) is 0 Å². The lowest BCUT2D eigenvalue weighted by Crippen LogP contribution is -2.50. The standard InChI is InChI=1S/C28H58NO7P/c1-5-6-7-8-9-10-11-12-13-14-15-16-17-18-19-20-23-35-24-27(30)25-36-37(33,34)26(2)29(3,4)22-21-28(31)32/h15-16,26-28,30-32H,5-14,17-25H2,1-4H3/b16-15-/t26?,27-/m1/s1. The molecular formula is C28H58NO7P. The van der Waals surface area contributed by atoms with E-state index in [1.54, 1.807) is 14.1 Å². The van der Waals surface area contributed by atoms with Crippen molar-refractivity contribution in [2.24, 2.45) is 0 Å². The first-order chi connectivity index (χ1) is 17.5. The van der Waals surface area contributed by atoms with Gasteiger partial charge in [0.25, 0.3) is 0 Å². The van der Waals surface area contributed by atoms with E-state index in [0.717, 1.165) is 25.7 Å². The van der Waals surface area contributed by atoms with Crippen molar-refractivity contribution < 1.29 is 38.5 Å². The summed E-state index contributed by atoms with van der Waals surface area (Å²) in [7, 11) is -0.883. The Morgan fingerprint density at radius 3 is 1.89 bits per heavy atom. The zero-order valence-corrected chi connectivity index (χ0v) is 25.1. The van der Waals surface area contributed by atoms with Gasteiger partial charge in [0.15, 0.2) is 13.9 Å². The van der Waals surface area contributed by atoms with E-state index in [1.165, 1.54) is 71.1 Å². The van der Waals surface area contributed by atoms with Gasteiger partial charge in [0.05, 0.1) is 33.9 Å². The summed E-state index contributed by atoms with van der Waals surface area (Å²) in [6, 6.07) is 0. The molecule has 0 saturated heterocycles. The Balaban J connectivity index is 3.71. The lowest BCUT2D eigenvalue weighted by Gasteiger charge is -2.42. The van der Waals surface area contributed by atoms with Gasteiger partial charge in [0, 0.05) is 13.0 Å². The van der Waals surface area contributed by atoms with Gasteiger partial charge >= 0.3 is 0 Å². The maximum atomic E-state index is 12.5. The molecule has 0 spiro atoms. The van der Waals surface area contributed by atoms with E-state index in [2.05, 4.69) is 19.1 Å². The number of aliphatic hydroxyl groups excluding tert-OH is 2. The smallest absolute Gasteiger partial charge is 0.192 e. The van der Waals surface area contributed by atoms with Gasteiger partial charge in [-0.15, -0.1) is 0 Å². The number of rotatable bonds is 26. The summed E-state index contributed by atoms with van der Waals surface area (Å²) in [5.41, 5.74) is 0. The third kappa shape index (κ3) is 21.2. The van der Waals surface area contributed by atoms with E-state index in [4.69, 9.17) is 19.5 Å². The minimum Gasteiger partial charge on any atom is -0.774 e. The van der Waals surface area contributed by atoms with Crippen LogP contribution in [0.2, 0.25) is 0 Å². The molecule has 2 unspecified atom stereocenters. The number of hydrogen-bond acceptors (Lipinski definition) is 7. The van der Waals surface area contributed by atoms with Crippen molar-refractivity contribution in [1.29, 1.82) is 0 Å². The first-order valence-corrected chi connectivity index (χ1v) is 16.2. The van der Waals surface area contributed by atoms with E-state index >= 15 is 0 Å². The van der Waals surface area contributed by atoms with E-state index in [-0.39, 0.29) is 30.7 Å². The third-order valence-electron chi connectivity index (χ3n) is 6.99. The van der Waals surface area contributed by atoms with Gasteiger partial charge < -0.3 is 38.5 Å². The van der Waals surface area contributed by atoms with Crippen molar-refractivity contribution in [2.45, 2.75) is 128 Å². The number of aliphatic hydroxyl groups is 3. The molecule has 0 saturated carbocycles. The summed E-state index contributed by atoms with van der Waals surface area (Å²) in [5.74, 6) is -0.890. The maximum absolute atomic E-state index is 12.5. The number of nitrogens with zero attached hydrogens (tertiary/aromatic N) is 1. The zero-order chi connectivity index (χ0) is 28.0. The normalized spacial score (nSPS) is 15.9. The summed E-state index contributed by atoms with van der Waals surface area (Å²) in [5, 5.41) is 28.1. The number of quaternary nitrogens is 1. The van der Waals surface area contributed by atoms with Crippen LogP contribution in [0.4, 0.5) is 0 Å². The minimum atomic E-state index is -4.26. The fourth-order valence-electron chi connectivity index (χ4n) is 4.03. The highest BCUT2D eigenvalue weighted by Crippen LogP contribution is 2.46. The molecule has 0 aliphatic heterocycles. The second kappa shape index (κ2) is 22.5. The fourth-order valence-corrected chi connectivity index (χ4v) is 5.51. The van der Waals surface area contributed by atoms with Crippen LogP contribution in [0.25, 0.3) is 0 Å². The van der Waals surface area contributed by atoms with E-state index < -0.39 is 25.8 Å². The van der Waals surface area contributed by atoms with Crippen LogP contribution in [0, 0.1) is 0 Å². The molecule has 0 aromatic rings. The number of unbranched alkanes of at least 4 members (excludes halogenated alkanes) is 12. The highest BCUT2D eigenvalue weighted by atomic mass is 31.2. The monoisotopic (exact) mass is 551 g/mol. The molecule has 0 aromatic heterocycles. The van der Waals surface area contributed by atoms with Gasteiger partial charge in [0.1, 0.15) is 11.9 Å². The molecule has 9 heteroatoms. The number of allylic oxidation sites excluding steroid dienone is 2. The molecule has 0 heterocycles. The Morgan fingerprint density at radius 1 is 0.838 bits per heavy atom. The van der Waals surface area contributed by atoms with E-state index in [0.29, 0.717) is 6.61 Å². The second-order valence-corrected chi connectivity index (χ2v) is 13.0. The minimum absolute atomic E-state index is 0.0272. The Morgan fingerprint density at radius 2 is 1.35 bits per heavy atom. The van der Waals surface area contributed by atoms with Crippen LogP contribution in [0.3, 0.4) is 0 Å². The quantitative estimate of drug-likeness (QED) is 0.0450. The van der Waals surface area contributed by atoms with Crippen molar-refractivity contribution in [3.05, 3.63) is 12.2 Å². The molecule has 37 heavy (non-hydrogen) atoms. The molecule has 3 atom stereocenters. The molecule has 222 valence electrons. The molecule has 0 radical (unpaired) electrons. The van der Waals surface area contributed by atoms with E-state index in [1.807, 2.05) is 0 Å². The van der Waals surface area contributed by atoms with Crippen molar-refractivity contribution >= 4 is 7.60 Å². The SMILES string of the molecule is CCCCCCCCCCC/C=C\CCCCCOC[C@@H](O)COP(=O)([O-])C(C)[N+](C)(C)CCC(O)O. The summed E-state index contributed by atoms with van der Waals surface area (Å²) in [6.07, 6.45) is 19.7. The lowest BCUT2D eigenvalue weighted by atomic mass is 10.1. The van der Waals surface area contributed by atoms with Crippen LogP contribution >= 0.6 is 7.60 Å². The first kappa shape index (κ1) is 36.7. The predicted octanol–water partition coefficient (Wildman–Crippen LogP) is 5.09. The molecule has 0 fully saturated rings. The van der Waals surface area contributed by atoms with Crippen LogP contribution in [0.15, 0.2) is 12.2 Å². The molecule has 0 aliphatic rings. The van der Waals surface area contributed by atoms with Crippen LogP contribution in [0.5, 0.6) is 0 Å². The molecule has 3 N–H and O–H groups in total. The van der Waals surface area contributed by atoms with Gasteiger partial charge in [0.2, 0.25) is 0 Å². The Bertz CT molecular complexity index is 601. The highest BCUT2D eigenvalue weighted by molar-refractivity contribution is 7.51. The topological polar surface area (TPSA) is 119 Å². The van der Waals surface area contributed by atoms with Crippen molar-refractivity contribution in [1.82, 2.24) is 0 Å². The lowest BCUT2D eigenvalue weighted by molar-refractivity contribution is -0.902. The van der Waals surface area contributed by atoms with Gasteiger partial charge in [-0.2, -0.15) is 0 Å². The third-order valence-corrected chi connectivity index (χ3v) is 9.04. The fraction of sp³-hybridized carbons (Fsp3) is 0.929. The summed E-state index contributed by atoms with van der Waals surface area (Å²) < 4.78 is 23.0. The predicted molar refractivity (Wildman–Crippen MR) is 149 cm³/mol. The average Bonchev–Trinajstić information content (AvgIpc) is 2.85. The maximum Gasteiger partial charge on any atom is 0.192 e. The zero-order valence-electron chi connectivity index (χ0n) is 24.2. The Labute approximate surface area is 227 Å². The largest absolute Gasteiger partial charge is 0.774 e. The molecular weight excluding hydrogens is 493 g/mol. The Kier molecular flexibility index (Phi) is 22.3. The Hall–Kier alpha value is -0.310. The van der Waals surface area contributed by atoms with Crippen LogP contribution < -0.4 is 4.89 Å². The molecule has 0 amide bonds. The molecule has 0 aromatic carbocycles. The van der Waals surface area contributed by atoms with Crippen LogP contribution in [-0.4, -0.2) is 78.4 Å². The van der Waals surface area contributed by atoms with Crippen LogP contribution in [0.1, 0.15) is 110 Å². The summed E-state index contributed by atoms with van der Waals surface area (Å²) in [4.78, 5) is 12.5. The molecule has 0 bridgehead atoms. The van der Waals surface area contributed by atoms with Crippen molar-refractivity contribution in [2.75, 3.05) is 40.5 Å². The van der Waals surface area contributed by atoms with E-state index in [9.17, 15) is 14.6 Å².